The van der Waals surface area contributed by atoms with E-state index in [1.54, 1.807) is 23.0 Å². The maximum absolute atomic E-state index is 13.8. The summed E-state index contributed by atoms with van der Waals surface area (Å²) in [7, 11) is 0. The Morgan fingerprint density at radius 1 is 1.11 bits per heavy atom. The fraction of sp³-hybridized carbons (Fsp3) is 0.273. The maximum Gasteiger partial charge on any atom is 0.258 e. The van der Waals surface area contributed by atoms with Gasteiger partial charge in [-0.2, -0.15) is 5.10 Å². The number of nitrogens with one attached hydrogen (secondary N) is 1. The predicted molar refractivity (Wildman–Crippen MR) is 106 cm³/mol. The Bertz CT molecular complexity index is 962. The summed E-state index contributed by atoms with van der Waals surface area (Å²) in [6.45, 7) is 6.64. The zero-order valence-corrected chi connectivity index (χ0v) is 15.9. The molecule has 0 aliphatic carbocycles. The second-order valence-electron chi connectivity index (χ2n) is 7.06. The van der Waals surface area contributed by atoms with Crippen LogP contribution < -0.4 is 4.90 Å². The molecular formula is C22H24FN4O+. The molecule has 2 aromatic carbocycles. The van der Waals surface area contributed by atoms with E-state index in [4.69, 9.17) is 0 Å². The van der Waals surface area contributed by atoms with Crippen LogP contribution in [0.3, 0.4) is 0 Å². The van der Waals surface area contributed by atoms with Gasteiger partial charge in [-0.05, 0) is 25.1 Å². The molecule has 1 saturated heterocycles. The minimum atomic E-state index is -0.335. The van der Waals surface area contributed by atoms with Crippen molar-refractivity contribution in [2.75, 3.05) is 32.7 Å². The number of likely N-dealkylation sites (N-methyl/N-ethyl adjacent to an activating group) is 1. The molecule has 0 radical (unpaired) electrons. The van der Waals surface area contributed by atoms with Crippen LogP contribution in [-0.2, 0) is 0 Å². The monoisotopic (exact) mass is 379 g/mol. The number of rotatable bonds is 4. The van der Waals surface area contributed by atoms with E-state index >= 15 is 0 Å². The Labute approximate surface area is 164 Å². The molecule has 6 heteroatoms. The number of quaternary nitrogens is 1. The van der Waals surface area contributed by atoms with Gasteiger partial charge in [-0.15, -0.1) is 0 Å². The quantitative estimate of drug-likeness (QED) is 0.754. The first-order valence-corrected chi connectivity index (χ1v) is 9.69. The van der Waals surface area contributed by atoms with Gasteiger partial charge in [0, 0.05) is 5.56 Å². The molecule has 0 saturated carbocycles. The summed E-state index contributed by atoms with van der Waals surface area (Å²) < 4.78 is 15.4. The average molecular weight is 379 g/mol. The molecule has 1 amide bonds. The lowest BCUT2D eigenvalue weighted by Gasteiger charge is -2.31. The molecule has 0 spiro atoms. The SMILES string of the molecule is CC[NH+]1CCN(C(=O)c2cnn(-c3cccc(F)c3)c2-c2ccccc2)CC1. The average Bonchev–Trinajstić information content (AvgIpc) is 3.19. The standard InChI is InChI=1S/C22H23FN4O/c1-2-25-11-13-26(14-12-25)22(28)20-16-24-27(19-10-6-9-18(23)15-19)21(20)17-7-4-3-5-8-17/h3-10,15-16H,2,11-14H2,1H3/p+1. The molecule has 2 heterocycles. The summed E-state index contributed by atoms with van der Waals surface area (Å²) in [4.78, 5) is 16.7. The molecule has 144 valence electrons. The summed E-state index contributed by atoms with van der Waals surface area (Å²) in [6.07, 6.45) is 1.61. The van der Waals surface area contributed by atoms with Crippen LogP contribution in [0.5, 0.6) is 0 Å². The first kappa shape index (κ1) is 18.4. The van der Waals surface area contributed by atoms with Crippen LogP contribution >= 0.6 is 0 Å². The Morgan fingerprint density at radius 3 is 2.54 bits per heavy atom. The summed E-state index contributed by atoms with van der Waals surface area (Å²) in [5.74, 6) is -0.352. The van der Waals surface area contributed by atoms with Gasteiger partial charge in [-0.25, -0.2) is 9.07 Å². The number of carbonyl (C=O) groups excluding carboxylic acids is 1. The van der Waals surface area contributed by atoms with E-state index in [0.29, 0.717) is 16.9 Å². The Hall–Kier alpha value is -2.99. The van der Waals surface area contributed by atoms with E-state index in [1.165, 1.54) is 17.0 Å². The minimum absolute atomic E-state index is 0.0170. The molecule has 1 aromatic heterocycles. The van der Waals surface area contributed by atoms with Gasteiger partial charge in [0.15, 0.2) is 0 Å². The molecule has 1 fully saturated rings. The second kappa shape index (κ2) is 7.94. The number of hydrogen-bond acceptors (Lipinski definition) is 2. The normalized spacial score (nSPS) is 15.0. The number of nitrogens with zero attached hydrogens (tertiary/aromatic N) is 3. The fourth-order valence-electron chi connectivity index (χ4n) is 3.73. The van der Waals surface area contributed by atoms with Crippen molar-refractivity contribution in [1.29, 1.82) is 0 Å². The number of aromatic nitrogens is 2. The number of carbonyl (C=O) groups is 1. The van der Waals surface area contributed by atoms with Gasteiger partial charge in [-0.1, -0.05) is 36.4 Å². The van der Waals surface area contributed by atoms with Crippen molar-refractivity contribution in [3.63, 3.8) is 0 Å². The van der Waals surface area contributed by atoms with Gasteiger partial charge >= 0.3 is 0 Å². The van der Waals surface area contributed by atoms with Crippen LogP contribution in [0.2, 0.25) is 0 Å². The second-order valence-corrected chi connectivity index (χ2v) is 7.06. The van der Waals surface area contributed by atoms with Crippen molar-refractivity contribution in [3.05, 3.63) is 72.2 Å². The van der Waals surface area contributed by atoms with Crippen molar-refractivity contribution in [3.8, 4) is 16.9 Å². The molecule has 0 bridgehead atoms. The first-order chi connectivity index (χ1) is 13.7. The lowest BCUT2D eigenvalue weighted by Crippen LogP contribution is -3.14. The molecule has 0 atom stereocenters. The first-order valence-electron chi connectivity index (χ1n) is 9.69. The largest absolute Gasteiger partial charge is 0.332 e. The van der Waals surface area contributed by atoms with Gasteiger partial charge in [0.25, 0.3) is 5.91 Å². The number of benzene rings is 2. The summed E-state index contributed by atoms with van der Waals surface area (Å²) >= 11 is 0. The molecule has 0 unspecified atom stereocenters. The van der Waals surface area contributed by atoms with Gasteiger partial charge in [0.05, 0.1) is 55.9 Å². The molecule has 28 heavy (non-hydrogen) atoms. The van der Waals surface area contributed by atoms with Crippen LogP contribution in [-0.4, -0.2) is 53.3 Å². The van der Waals surface area contributed by atoms with E-state index < -0.39 is 0 Å². The summed E-state index contributed by atoms with van der Waals surface area (Å²) in [5, 5.41) is 4.45. The zero-order chi connectivity index (χ0) is 19.5. The molecule has 1 aliphatic rings. The minimum Gasteiger partial charge on any atom is -0.332 e. The Morgan fingerprint density at radius 2 is 1.86 bits per heavy atom. The number of halogens is 1. The van der Waals surface area contributed by atoms with Crippen LogP contribution in [0.25, 0.3) is 16.9 Å². The van der Waals surface area contributed by atoms with Crippen molar-refractivity contribution in [1.82, 2.24) is 14.7 Å². The highest BCUT2D eigenvalue weighted by Gasteiger charge is 2.28. The highest BCUT2D eigenvalue weighted by Crippen LogP contribution is 2.28. The van der Waals surface area contributed by atoms with Crippen LogP contribution in [0.1, 0.15) is 17.3 Å². The number of hydrogen-bond donors (Lipinski definition) is 1. The smallest absolute Gasteiger partial charge is 0.258 e. The van der Waals surface area contributed by atoms with Crippen molar-refractivity contribution >= 4 is 5.91 Å². The van der Waals surface area contributed by atoms with Crippen LogP contribution in [0.15, 0.2) is 60.8 Å². The van der Waals surface area contributed by atoms with Crippen molar-refractivity contribution in [2.24, 2.45) is 0 Å². The van der Waals surface area contributed by atoms with Crippen LogP contribution in [0, 0.1) is 5.82 Å². The Balaban J connectivity index is 1.75. The summed E-state index contributed by atoms with van der Waals surface area (Å²) in [5.41, 5.74) is 2.72. The van der Waals surface area contributed by atoms with E-state index in [0.717, 1.165) is 38.3 Å². The third kappa shape index (κ3) is 3.55. The predicted octanol–water partition coefficient (Wildman–Crippen LogP) is 2.04. The third-order valence-electron chi connectivity index (χ3n) is 5.36. The zero-order valence-electron chi connectivity index (χ0n) is 15.9. The molecule has 5 nitrogen and oxygen atoms in total. The highest BCUT2D eigenvalue weighted by molar-refractivity contribution is 6.00. The van der Waals surface area contributed by atoms with Gasteiger partial charge in [-0.3, -0.25) is 4.79 Å². The van der Waals surface area contributed by atoms with E-state index in [9.17, 15) is 9.18 Å². The van der Waals surface area contributed by atoms with E-state index in [-0.39, 0.29) is 11.7 Å². The van der Waals surface area contributed by atoms with E-state index in [1.807, 2.05) is 35.2 Å². The lowest BCUT2D eigenvalue weighted by atomic mass is 10.1. The molecule has 1 N–H and O–H groups in total. The van der Waals surface area contributed by atoms with Crippen molar-refractivity contribution in [2.45, 2.75) is 6.92 Å². The number of piperazine rings is 1. The molecule has 4 rings (SSSR count). The van der Waals surface area contributed by atoms with Crippen LogP contribution in [0.4, 0.5) is 4.39 Å². The van der Waals surface area contributed by atoms with E-state index in [2.05, 4.69) is 12.0 Å². The van der Waals surface area contributed by atoms with Gasteiger partial charge < -0.3 is 9.80 Å². The molecular weight excluding hydrogens is 355 g/mol. The molecule has 1 aliphatic heterocycles. The lowest BCUT2D eigenvalue weighted by molar-refractivity contribution is -0.902. The summed E-state index contributed by atoms with van der Waals surface area (Å²) in [6, 6.07) is 15.9. The van der Waals surface area contributed by atoms with Gasteiger partial charge in [0.2, 0.25) is 0 Å². The Kier molecular flexibility index (Phi) is 5.21. The third-order valence-corrected chi connectivity index (χ3v) is 5.36. The molecule has 3 aromatic rings. The highest BCUT2D eigenvalue weighted by atomic mass is 19.1. The maximum atomic E-state index is 13.8. The fourth-order valence-corrected chi connectivity index (χ4v) is 3.73. The van der Waals surface area contributed by atoms with Crippen molar-refractivity contribution < 1.29 is 14.1 Å². The van der Waals surface area contributed by atoms with Gasteiger partial charge in [0.1, 0.15) is 5.82 Å². The number of amides is 1. The topological polar surface area (TPSA) is 42.6 Å².